The highest BCUT2D eigenvalue weighted by Gasteiger charge is 2.32. The molecule has 1 aliphatic heterocycles. The predicted molar refractivity (Wildman–Crippen MR) is 130 cm³/mol. The molecule has 0 saturated carbocycles. The molecule has 33 heavy (non-hydrogen) atoms. The van der Waals surface area contributed by atoms with Gasteiger partial charge in [-0.2, -0.15) is 0 Å². The molecule has 0 fully saturated rings. The summed E-state index contributed by atoms with van der Waals surface area (Å²) in [6.45, 7) is 1.76. The van der Waals surface area contributed by atoms with Gasteiger partial charge in [0.25, 0.3) is 11.5 Å². The molecule has 4 aromatic rings. The quantitative estimate of drug-likeness (QED) is 0.484. The number of benzene rings is 2. The topological polar surface area (TPSA) is 63.5 Å². The minimum atomic E-state index is -0.726. The number of amides is 1. The first kappa shape index (κ1) is 21.2. The summed E-state index contributed by atoms with van der Waals surface area (Å²) in [6, 6.07) is 18.1. The van der Waals surface area contributed by atoms with E-state index in [-0.39, 0.29) is 17.3 Å². The fraction of sp³-hybridized carbons (Fsp3) is 0.0800. The number of allylic oxidation sites excluding steroid dienone is 1. The fourth-order valence-corrected chi connectivity index (χ4v) is 5.56. The van der Waals surface area contributed by atoms with Gasteiger partial charge in [-0.3, -0.25) is 14.2 Å². The molecule has 0 radical (unpaired) electrons. The van der Waals surface area contributed by atoms with Crippen LogP contribution < -0.4 is 20.2 Å². The zero-order chi connectivity index (χ0) is 22.9. The minimum absolute atomic E-state index is 0.237. The summed E-state index contributed by atoms with van der Waals surface area (Å²) in [5, 5.41) is 4.84. The second-order valence-corrected chi connectivity index (χ2v) is 9.46. The van der Waals surface area contributed by atoms with Gasteiger partial charge < -0.3 is 5.32 Å². The number of carbonyl (C=O) groups is 1. The van der Waals surface area contributed by atoms with Crippen LogP contribution in [-0.4, -0.2) is 10.5 Å². The lowest BCUT2D eigenvalue weighted by Crippen LogP contribution is -2.40. The maximum atomic E-state index is 13.7. The average molecular weight is 476 g/mol. The number of nitrogens with zero attached hydrogens (tertiary/aromatic N) is 2. The van der Waals surface area contributed by atoms with Crippen molar-refractivity contribution >= 4 is 40.3 Å². The van der Waals surface area contributed by atoms with Gasteiger partial charge in [-0.25, -0.2) is 9.38 Å². The molecule has 1 amide bonds. The van der Waals surface area contributed by atoms with Crippen LogP contribution in [0.5, 0.6) is 0 Å². The third-order valence-corrected chi connectivity index (χ3v) is 7.10. The highest BCUT2D eigenvalue weighted by atomic mass is 32.1. The lowest BCUT2D eigenvalue weighted by Gasteiger charge is -2.25. The van der Waals surface area contributed by atoms with Gasteiger partial charge in [0.15, 0.2) is 4.80 Å². The number of rotatable bonds is 4. The summed E-state index contributed by atoms with van der Waals surface area (Å²) < 4.78 is 15.7. The standard InChI is InChI=1S/C25H18FN3O2S2/c1-15-21(23(30)28-18-6-3-2-4-7-18)22(16-9-11-17(26)12-10-16)29-24(31)20(33-25(29)27-15)14-19-8-5-13-32-19/h2-14,22H,1H3,(H,28,30)/b20-14-/t22-/m0/s1. The lowest BCUT2D eigenvalue weighted by molar-refractivity contribution is -0.113. The number of thiazole rings is 1. The predicted octanol–water partition coefficient (Wildman–Crippen LogP) is 4.07. The minimum Gasteiger partial charge on any atom is -0.322 e. The van der Waals surface area contributed by atoms with Gasteiger partial charge >= 0.3 is 0 Å². The van der Waals surface area contributed by atoms with Gasteiger partial charge in [0.05, 0.1) is 21.8 Å². The van der Waals surface area contributed by atoms with Crippen LogP contribution >= 0.6 is 22.7 Å². The number of hydrogen-bond donors (Lipinski definition) is 1. The molecule has 164 valence electrons. The van der Waals surface area contributed by atoms with Crippen molar-refractivity contribution in [2.75, 3.05) is 5.32 Å². The van der Waals surface area contributed by atoms with E-state index in [9.17, 15) is 14.0 Å². The summed E-state index contributed by atoms with van der Waals surface area (Å²) in [5.74, 6) is -0.746. The van der Waals surface area contributed by atoms with E-state index in [0.717, 1.165) is 4.88 Å². The van der Waals surface area contributed by atoms with Crippen molar-refractivity contribution in [1.82, 2.24) is 4.57 Å². The van der Waals surface area contributed by atoms with E-state index in [2.05, 4.69) is 10.3 Å². The number of thiophene rings is 1. The molecule has 5 rings (SSSR count). The number of carbonyl (C=O) groups excluding carboxylic acids is 1. The van der Waals surface area contributed by atoms with Gasteiger partial charge in [0.2, 0.25) is 0 Å². The fourth-order valence-electron chi connectivity index (χ4n) is 3.79. The van der Waals surface area contributed by atoms with Crippen LogP contribution in [0.4, 0.5) is 10.1 Å². The maximum Gasteiger partial charge on any atom is 0.271 e. The highest BCUT2D eigenvalue weighted by Crippen LogP contribution is 2.30. The normalized spacial score (nSPS) is 15.8. The van der Waals surface area contributed by atoms with Crippen molar-refractivity contribution in [1.29, 1.82) is 0 Å². The molecule has 1 atom stereocenters. The van der Waals surface area contributed by atoms with Gasteiger partial charge in [0.1, 0.15) is 5.82 Å². The second kappa shape index (κ2) is 8.73. The molecule has 5 nitrogen and oxygen atoms in total. The van der Waals surface area contributed by atoms with E-state index >= 15 is 0 Å². The number of para-hydroxylation sites is 1. The van der Waals surface area contributed by atoms with Crippen molar-refractivity contribution in [2.45, 2.75) is 13.0 Å². The summed E-state index contributed by atoms with van der Waals surface area (Å²) in [5.41, 5.74) is 1.89. The van der Waals surface area contributed by atoms with Gasteiger partial charge in [-0.1, -0.05) is 47.7 Å². The molecule has 2 aromatic carbocycles. The van der Waals surface area contributed by atoms with Crippen molar-refractivity contribution in [3.8, 4) is 0 Å². The highest BCUT2D eigenvalue weighted by molar-refractivity contribution is 7.11. The Balaban J connectivity index is 1.68. The Bertz CT molecular complexity index is 1530. The third-order valence-electron chi connectivity index (χ3n) is 5.30. The molecule has 0 unspecified atom stereocenters. The smallest absolute Gasteiger partial charge is 0.271 e. The zero-order valence-electron chi connectivity index (χ0n) is 17.5. The van der Waals surface area contributed by atoms with E-state index in [1.54, 1.807) is 31.2 Å². The van der Waals surface area contributed by atoms with Gasteiger partial charge in [-0.05, 0) is 54.3 Å². The van der Waals surface area contributed by atoms with Crippen molar-refractivity contribution in [3.63, 3.8) is 0 Å². The number of anilines is 1. The summed E-state index contributed by atoms with van der Waals surface area (Å²) in [6.07, 6.45) is 1.83. The molecular formula is C25H18FN3O2S2. The molecule has 2 aromatic heterocycles. The van der Waals surface area contributed by atoms with Crippen LogP contribution in [0.3, 0.4) is 0 Å². The first-order valence-electron chi connectivity index (χ1n) is 10.2. The zero-order valence-corrected chi connectivity index (χ0v) is 19.1. The lowest BCUT2D eigenvalue weighted by atomic mass is 9.95. The third kappa shape index (κ3) is 4.10. The van der Waals surface area contributed by atoms with Crippen LogP contribution in [0.15, 0.2) is 93.2 Å². The Morgan fingerprint density at radius 2 is 1.85 bits per heavy atom. The molecule has 0 saturated heterocycles. The van der Waals surface area contributed by atoms with Crippen LogP contribution in [0.25, 0.3) is 6.08 Å². The van der Waals surface area contributed by atoms with Crippen LogP contribution in [0, 0.1) is 5.82 Å². The average Bonchev–Trinajstić information content (AvgIpc) is 3.42. The largest absolute Gasteiger partial charge is 0.322 e. The van der Waals surface area contributed by atoms with Crippen molar-refractivity contribution < 1.29 is 9.18 Å². The Labute approximate surface area is 196 Å². The molecule has 1 aliphatic rings. The van der Waals surface area contributed by atoms with Gasteiger partial charge in [-0.15, -0.1) is 11.3 Å². The number of aromatic nitrogens is 1. The Morgan fingerprint density at radius 1 is 1.09 bits per heavy atom. The van der Waals surface area contributed by atoms with E-state index < -0.39 is 6.04 Å². The van der Waals surface area contributed by atoms with Crippen LogP contribution in [0.1, 0.15) is 23.4 Å². The summed E-state index contributed by atoms with van der Waals surface area (Å²) in [4.78, 5) is 32.9. The molecule has 3 heterocycles. The summed E-state index contributed by atoms with van der Waals surface area (Å²) >= 11 is 2.81. The second-order valence-electron chi connectivity index (χ2n) is 7.47. The van der Waals surface area contributed by atoms with Crippen molar-refractivity contribution in [3.05, 3.63) is 119 Å². The maximum absolute atomic E-state index is 13.7. The Hall–Kier alpha value is -3.62. The van der Waals surface area contributed by atoms with E-state index in [1.807, 2.05) is 41.8 Å². The number of hydrogen-bond acceptors (Lipinski definition) is 5. The van der Waals surface area contributed by atoms with E-state index in [4.69, 9.17) is 0 Å². The molecular weight excluding hydrogens is 457 g/mol. The molecule has 0 aliphatic carbocycles. The number of halogens is 1. The molecule has 0 bridgehead atoms. The number of fused-ring (bicyclic) bond motifs is 1. The molecule has 8 heteroatoms. The molecule has 1 N–H and O–H groups in total. The monoisotopic (exact) mass is 475 g/mol. The van der Waals surface area contributed by atoms with Crippen LogP contribution in [-0.2, 0) is 4.79 Å². The number of nitrogens with one attached hydrogen (secondary N) is 1. The van der Waals surface area contributed by atoms with Gasteiger partial charge in [0, 0.05) is 10.6 Å². The Kier molecular flexibility index (Phi) is 5.62. The Morgan fingerprint density at radius 3 is 2.55 bits per heavy atom. The SMILES string of the molecule is CC1=C(C(=O)Nc2ccccc2)[C@H](c2ccc(F)cc2)n2c(s/c(=C\c3cccs3)c2=O)=N1. The van der Waals surface area contributed by atoms with Crippen molar-refractivity contribution in [2.24, 2.45) is 4.99 Å². The van der Waals surface area contributed by atoms with E-state index in [1.165, 1.54) is 39.4 Å². The van der Waals surface area contributed by atoms with Crippen LogP contribution in [0.2, 0.25) is 0 Å². The first-order chi connectivity index (χ1) is 16.0. The van der Waals surface area contributed by atoms with E-state index in [0.29, 0.717) is 31.9 Å². The first-order valence-corrected chi connectivity index (χ1v) is 11.9. The summed E-state index contributed by atoms with van der Waals surface area (Å²) in [7, 11) is 0. The molecule has 0 spiro atoms.